The Morgan fingerprint density at radius 2 is 1.48 bits per heavy atom. The zero-order valence-corrected chi connectivity index (χ0v) is 14.7. The molecule has 0 radical (unpaired) electrons. The van der Waals surface area contributed by atoms with Crippen molar-refractivity contribution >= 4 is 0 Å². The molecule has 4 saturated carbocycles. The summed E-state index contributed by atoms with van der Waals surface area (Å²) < 4.78 is 0. The van der Waals surface area contributed by atoms with Gasteiger partial charge in [-0.25, -0.2) is 0 Å². The zero-order chi connectivity index (χ0) is 15.3. The lowest BCUT2D eigenvalue weighted by atomic mass is 9.50. The summed E-state index contributed by atoms with van der Waals surface area (Å²) in [4.78, 5) is 0. The number of aliphatic hydroxyl groups excluding tert-OH is 1. The van der Waals surface area contributed by atoms with Gasteiger partial charge in [-0.15, -0.1) is 0 Å². The van der Waals surface area contributed by atoms with Crippen molar-refractivity contribution in [1.29, 1.82) is 0 Å². The minimum atomic E-state index is -0.0512. The maximum atomic E-state index is 10.6. The number of fused-ring (bicyclic) bond motifs is 5. The molecule has 0 unspecified atom stereocenters. The fourth-order valence-electron chi connectivity index (χ4n) is 8.09. The average Bonchev–Trinajstić information content (AvgIpc) is 2.93. The molecule has 21 heavy (non-hydrogen) atoms. The van der Waals surface area contributed by atoms with Crippen LogP contribution >= 0.6 is 0 Å². The minimum Gasteiger partial charge on any atom is -0.393 e. The van der Waals surface area contributed by atoms with Crippen LogP contribution in [0.1, 0.15) is 79.6 Å². The molecule has 0 aromatic heterocycles. The standard InChI is InChI=1S/C20H34O/c1-17(2)10-11-18(3)12-14-13(16(17)18)6-8-20(5)15(21)7-9-19(14,20)4/h13-16,21H,6-12H2,1-5H3/t13-,14-,15-,16-,18-,19+,20+/m1/s1. The normalized spacial score (nSPS) is 61.4. The van der Waals surface area contributed by atoms with Crippen molar-refractivity contribution < 1.29 is 5.11 Å². The molecule has 1 nitrogen and oxygen atoms in total. The molecule has 4 aliphatic rings. The molecule has 0 saturated heterocycles. The van der Waals surface area contributed by atoms with Crippen LogP contribution in [0.25, 0.3) is 0 Å². The van der Waals surface area contributed by atoms with Crippen molar-refractivity contribution in [3.63, 3.8) is 0 Å². The molecular formula is C20H34O. The van der Waals surface area contributed by atoms with Crippen molar-refractivity contribution in [2.45, 2.75) is 85.7 Å². The second kappa shape index (κ2) is 3.89. The molecule has 4 aliphatic carbocycles. The molecular weight excluding hydrogens is 256 g/mol. The Kier molecular flexibility index (Phi) is 2.69. The van der Waals surface area contributed by atoms with E-state index in [4.69, 9.17) is 0 Å². The van der Waals surface area contributed by atoms with Gasteiger partial charge in [0.15, 0.2) is 0 Å². The molecule has 4 fully saturated rings. The largest absolute Gasteiger partial charge is 0.393 e. The summed E-state index contributed by atoms with van der Waals surface area (Å²) >= 11 is 0. The summed E-state index contributed by atoms with van der Waals surface area (Å²) in [5.41, 5.74) is 1.70. The number of hydrogen-bond acceptors (Lipinski definition) is 1. The summed E-state index contributed by atoms with van der Waals surface area (Å²) in [6.07, 6.45) is 9.18. The molecule has 0 aromatic rings. The fraction of sp³-hybridized carbons (Fsp3) is 1.00. The SMILES string of the molecule is CC1(C)CC[C@]2(C)C[C@@H]3[C@@H](CC[C@@]4(C)[C@H](O)CC[C@@]34C)[C@H]12. The van der Waals surface area contributed by atoms with E-state index in [1.54, 1.807) is 0 Å². The van der Waals surface area contributed by atoms with E-state index < -0.39 is 0 Å². The molecule has 0 spiro atoms. The van der Waals surface area contributed by atoms with Gasteiger partial charge < -0.3 is 5.11 Å². The van der Waals surface area contributed by atoms with E-state index in [1.165, 1.54) is 38.5 Å². The van der Waals surface area contributed by atoms with Gasteiger partial charge in [0.25, 0.3) is 0 Å². The Labute approximate surface area is 130 Å². The van der Waals surface area contributed by atoms with Crippen LogP contribution in [-0.4, -0.2) is 11.2 Å². The highest BCUT2D eigenvalue weighted by molar-refractivity contribution is 5.18. The van der Waals surface area contributed by atoms with Crippen LogP contribution < -0.4 is 0 Å². The molecule has 4 rings (SSSR count). The maximum Gasteiger partial charge on any atom is 0.0599 e. The number of aliphatic hydroxyl groups is 1. The molecule has 120 valence electrons. The van der Waals surface area contributed by atoms with Gasteiger partial charge in [0, 0.05) is 0 Å². The van der Waals surface area contributed by atoms with Gasteiger partial charge in [-0.1, -0.05) is 34.6 Å². The van der Waals surface area contributed by atoms with Crippen LogP contribution in [0.4, 0.5) is 0 Å². The van der Waals surface area contributed by atoms with Crippen molar-refractivity contribution in [1.82, 2.24) is 0 Å². The lowest BCUT2D eigenvalue weighted by Gasteiger charge is -2.55. The third-order valence-electron chi connectivity index (χ3n) is 9.36. The van der Waals surface area contributed by atoms with E-state index in [0.29, 0.717) is 16.2 Å². The predicted octanol–water partition coefficient (Wildman–Crippen LogP) is 5.03. The van der Waals surface area contributed by atoms with E-state index in [2.05, 4.69) is 34.6 Å². The predicted molar refractivity (Wildman–Crippen MR) is 86.9 cm³/mol. The molecule has 1 heteroatoms. The first-order valence-corrected chi connectivity index (χ1v) is 9.32. The molecule has 7 atom stereocenters. The van der Waals surface area contributed by atoms with Crippen molar-refractivity contribution in [2.24, 2.45) is 39.4 Å². The Morgan fingerprint density at radius 1 is 0.810 bits per heavy atom. The van der Waals surface area contributed by atoms with Crippen LogP contribution in [0.3, 0.4) is 0 Å². The van der Waals surface area contributed by atoms with E-state index >= 15 is 0 Å². The third kappa shape index (κ3) is 1.53. The maximum absolute atomic E-state index is 10.6. The van der Waals surface area contributed by atoms with Crippen molar-refractivity contribution in [3.8, 4) is 0 Å². The van der Waals surface area contributed by atoms with Gasteiger partial charge in [0.2, 0.25) is 0 Å². The first kappa shape index (κ1) is 14.5. The topological polar surface area (TPSA) is 20.2 Å². The highest BCUT2D eigenvalue weighted by Gasteiger charge is 2.69. The van der Waals surface area contributed by atoms with Gasteiger partial charge >= 0.3 is 0 Å². The zero-order valence-electron chi connectivity index (χ0n) is 14.7. The minimum absolute atomic E-state index is 0.0512. The Bertz CT molecular complexity index is 468. The second-order valence-electron chi connectivity index (χ2n) is 10.5. The van der Waals surface area contributed by atoms with Gasteiger partial charge in [-0.2, -0.15) is 0 Å². The lowest BCUT2D eigenvalue weighted by Crippen LogP contribution is -2.50. The summed E-state index contributed by atoms with van der Waals surface area (Å²) in [6, 6.07) is 0. The van der Waals surface area contributed by atoms with Crippen LogP contribution in [0.15, 0.2) is 0 Å². The fourth-order valence-corrected chi connectivity index (χ4v) is 8.09. The molecule has 0 aliphatic heterocycles. The van der Waals surface area contributed by atoms with E-state index in [0.717, 1.165) is 24.2 Å². The van der Waals surface area contributed by atoms with Gasteiger partial charge in [-0.3, -0.25) is 0 Å². The average molecular weight is 290 g/mol. The van der Waals surface area contributed by atoms with Crippen molar-refractivity contribution in [3.05, 3.63) is 0 Å². The van der Waals surface area contributed by atoms with Crippen LogP contribution in [0.2, 0.25) is 0 Å². The lowest BCUT2D eigenvalue weighted by molar-refractivity contribution is -0.0958. The number of hydrogen-bond donors (Lipinski definition) is 1. The summed E-state index contributed by atoms with van der Waals surface area (Å²) in [7, 11) is 0. The van der Waals surface area contributed by atoms with E-state index in [9.17, 15) is 5.11 Å². The van der Waals surface area contributed by atoms with E-state index in [-0.39, 0.29) is 11.5 Å². The van der Waals surface area contributed by atoms with Crippen LogP contribution in [0, 0.1) is 39.4 Å². The Hall–Kier alpha value is -0.0400. The van der Waals surface area contributed by atoms with Crippen LogP contribution in [0.5, 0.6) is 0 Å². The monoisotopic (exact) mass is 290 g/mol. The summed E-state index contributed by atoms with van der Waals surface area (Å²) in [5.74, 6) is 2.72. The first-order chi connectivity index (χ1) is 9.64. The molecule has 1 N–H and O–H groups in total. The summed E-state index contributed by atoms with van der Waals surface area (Å²) in [5, 5.41) is 10.6. The van der Waals surface area contributed by atoms with E-state index in [1.807, 2.05) is 0 Å². The number of rotatable bonds is 0. The molecule has 0 bridgehead atoms. The molecule has 0 amide bonds. The second-order valence-corrected chi connectivity index (χ2v) is 10.5. The highest BCUT2D eigenvalue weighted by atomic mass is 16.3. The summed E-state index contributed by atoms with van der Waals surface area (Å²) in [6.45, 7) is 12.6. The van der Waals surface area contributed by atoms with Crippen LogP contribution in [-0.2, 0) is 0 Å². The highest BCUT2D eigenvalue weighted by Crippen LogP contribution is 2.75. The van der Waals surface area contributed by atoms with Gasteiger partial charge in [-0.05, 0) is 84.4 Å². The van der Waals surface area contributed by atoms with Crippen molar-refractivity contribution in [2.75, 3.05) is 0 Å². The third-order valence-corrected chi connectivity index (χ3v) is 9.36. The first-order valence-electron chi connectivity index (χ1n) is 9.32. The Morgan fingerprint density at radius 3 is 2.19 bits per heavy atom. The quantitative estimate of drug-likeness (QED) is 0.663. The molecule has 0 aromatic carbocycles. The molecule has 0 heterocycles. The Balaban J connectivity index is 1.76. The van der Waals surface area contributed by atoms with Gasteiger partial charge in [0.05, 0.1) is 6.10 Å². The smallest absolute Gasteiger partial charge is 0.0599 e. The van der Waals surface area contributed by atoms with Gasteiger partial charge in [0.1, 0.15) is 0 Å².